The lowest BCUT2D eigenvalue weighted by Gasteiger charge is -2.29. The van der Waals surface area contributed by atoms with E-state index in [1.165, 1.54) is 0 Å². The lowest BCUT2D eigenvalue weighted by Crippen LogP contribution is -2.46. The highest BCUT2D eigenvalue weighted by molar-refractivity contribution is 5.69. The minimum absolute atomic E-state index is 0.164. The molecule has 0 aromatic heterocycles. The van der Waals surface area contributed by atoms with Crippen molar-refractivity contribution in [2.45, 2.75) is 71.1 Å². The van der Waals surface area contributed by atoms with E-state index in [2.05, 4.69) is 5.32 Å². The van der Waals surface area contributed by atoms with Crippen molar-refractivity contribution in [2.75, 3.05) is 19.6 Å². The van der Waals surface area contributed by atoms with E-state index >= 15 is 0 Å². The van der Waals surface area contributed by atoms with Crippen LogP contribution < -0.4 is 5.32 Å². The summed E-state index contributed by atoms with van der Waals surface area (Å²) in [7, 11) is 0. The molecule has 0 aliphatic carbocycles. The summed E-state index contributed by atoms with van der Waals surface area (Å²) in [6.45, 7) is 11.4. The summed E-state index contributed by atoms with van der Waals surface area (Å²) in [5.41, 5.74) is -1.14. The maximum absolute atomic E-state index is 12.1. The van der Waals surface area contributed by atoms with Gasteiger partial charge in [-0.3, -0.25) is 0 Å². The van der Waals surface area contributed by atoms with Gasteiger partial charge in [-0.1, -0.05) is 6.92 Å². The summed E-state index contributed by atoms with van der Waals surface area (Å²) in [5.74, 6) is 0. The van der Waals surface area contributed by atoms with Crippen LogP contribution in [0.1, 0.15) is 53.9 Å². The van der Waals surface area contributed by atoms with Gasteiger partial charge in [0, 0.05) is 25.7 Å². The molecule has 0 spiro atoms. The molecular weight excluding hydrogens is 256 g/mol. The van der Waals surface area contributed by atoms with Gasteiger partial charge in [0.2, 0.25) is 0 Å². The van der Waals surface area contributed by atoms with Crippen LogP contribution in [0.25, 0.3) is 0 Å². The van der Waals surface area contributed by atoms with Gasteiger partial charge in [-0.25, -0.2) is 4.79 Å². The topological polar surface area (TPSA) is 61.8 Å². The van der Waals surface area contributed by atoms with Gasteiger partial charge in [-0.2, -0.15) is 0 Å². The van der Waals surface area contributed by atoms with E-state index in [1.54, 1.807) is 4.90 Å². The largest absolute Gasteiger partial charge is 0.444 e. The van der Waals surface area contributed by atoms with Crippen molar-refractivity contribution < 1.29 is 14.6 Å². The Bertz CT molecular complexity index is 324. The average Bonchev–Trinajstić information content (AvgIpc) is 2.75. The second-order valence-corrected chi connectivity index (χ2v) is 6.95. The number of nitrogens with one attached hydrogen (secondary N) is 1. The van der Waals surface area contributed by atoms with E-state index in [-0.39, 0.29) is 12.1 Å². The molecule has 0 bridgehead atoms. The SMILES string of the molecule is CCC(C)(O)CNCC1CCCN1C(=O)OC(C)(C)C. The van der Waals surface area contributed by atoms with Crippen molar-refractivity contribution >= 4 is 6.09 Å². The highest BCUT2D eigenvalue weighted by Crippen LogP contribution is 2.20. The summed E-state index contributed by atoms with van der Waals surface area (Å²) >= 11 is 0. The number of aliphatic hydroxyl groups is 1. The van der Waals surface area contributed by atoms with Gasteiger partial charge < -0.3 is 20.1 Å². The number of rotatable bonds is 5. The standard InChI is InChI=1S/C15H30N2O3/c1-6-15(5,19)11-16-10-12-8-7-9-17(12)13(18)20-14(2,3)4/h12,16,19H,6-11H2,1-5H3. The Balaban J connectivity index is 2.43. The van der Waals surface area contributed by atoms with E-state index in [1.807, 2.05) is 34.6 Å². The second-order valence-electron chi connectivity index (χ2n) is 6.95. The van der Waals surface area contributed by atoms with Crippen LogP contribution in [-0.2, 0) is 4.74 Å². The molecular formula is C15H30N2O3. The average molecular weight is 286 g/mol. The third kappa shape index (κ3) is 5.67. The monoisotopic (exact) mass is 286 g/mol. The molecule has 1 aliphatic heterocycles. The fourth-order valence-corrected chi connectivity index (χ4v) is 2.24. The number of ether oxygens (including phenoxy) is 1. The molecule has 5 nitrogen and oxygen atoms in total. The number of nitrogens with zero attached hydrogens (tertiary/aromatic N) is 1. The molecule has 0 radical (unpaired) electrons. The first-order valence-electron chi connectivity index (χ1n) is 7.57. The third-order valence-corrected chi connectivity index (χ3v) is 3.65. The van der Waals surface area contributed by atoms with Gasteiger partial charge >= 0.3 is 6.09 Å². The van der Waals surface area contributed by atoms with Gasteiger partial charge in [0.05, 0.1) is 5.60 Å². The molecule has 20 heavy (non-hydrogen) atoms. The first kappa shape index (κ1) is 17.2. The van der Waals surface area contributed by atoms with Crippen LogP contribution in [0.3, 0.4) is 0 Å². The Morgan fingerprint density at radius 3 is 2.60 bits per heavy atom. The van der Waals surface area contributed by atoms with E-state index in [0.29, 0.717) is 19.5 Å². The van der Waals surface area contributed by atoms with E-state index in [4.69, 9.17) is 4.74 Å². The molecule has 2 atom stereocenters. The van der Waals surface area contributed by atoms with E-state index in [9.17, 15) is 9.90 Å². The van der Waals surface area contributed by atoms with Gasteiger partial charge in [0.1, 0.15) is 5.60 Å². The normalized spacial score (nSPS) is 22.7. The van der Waals surface area contributed by atoms with Crippen molar-refractivity contribution in [1.82, 2.24) is 10.2 Å². The minimum Gasteiger partial charge on any atom is -0.444 e. The van der Waals surface area contributed by atoms with Crippen LogP contribution in [0.15, 0.2) is 0 Å². The first-order valence-corrected chi connectivity index (χ1v) is 7.57. The molecule has 1 amide bonds. The molecule has 1 saturated heterocycles. The summed E-state index contributed by atoms with van der Waals surface area (Å²) in [6.07, 6.45) is 2.47. The molecule has 1 aliphatic rings. The molecule has 0 aromatic carbocycles. The van der Waals surface area contributed by atoms with Crippen LogP contribution in [0, 0.1) is 0 Å². The van der Waals surface area contributed by atoms with Crippen molar-refractivity contribution in [3.05, 3.63) is 0 Å². The van der Waals surface area contributed by atoms with Crippen molar-refractivity contribution in [3.8, 4) is 0 Å². The third-order valence-electron chi connectivity index (χ3n) is 3.65. The van der Waals surface area contributed by atoms with Crippen LogP contribution in [0.2, 0.25) is 0 Å². The molecule has 1 rings (SSSR count). The zero-order valence-electron chi connectivity index (χ0n) is 13.5. The number of hydrogen-bond donors (Lipinski definition) is 2. The lowest BCUT2D eigenvalue weighted by atomic mass is 10.0. The van der Waals surface area contributed by atoms with Crippen molar-refractivity contribution in [2.24, 2.45) is 0 Å². The van der Waals surface area contributed by atoms with Crippen LogP contribution in [0.5, 0.6) is 0 Å². The predicted molar refractivity (Wildman–Crippen MR) is 79.7 cm³/mol. The van der Waals surface area contributed by atoms with Crippen LogP contribution in [0.4, 0.5) is 4.79 Å². The molecule has 1 heterocycles. The van der Waals surface area contributed by atoms with E-state index in [0.717, 1.165) is 19.4 Å². The van der Waals surface area contributed by atoms with Gasteiger partial charge in [-0.05, 0) is 47.0 Å². The van der Waals surface area contributed by atoms with E-state index < -0.39 is 11.2 Å². The fourth-order valence-electron chi connectivity index (χ4n) is 2.24. The molecule has 0 aromatic rings. The number of likely N-dealkylation sites (tertiary alicyclic amines) is 1. The molecule has 1 fully saturated rings. The summed E-state index contributed by atoms with van der Waals surface area (Å²) < 4.78 is 5.43. The first-order chi connectivity index (χ1) is 9.14. The molecule has 118 valence electrons. The maximum Gasteiger partial charge on any atom is 0.410 e. The van der Waals surface area contributed by atoms with Gasteiger partial charge in [-0.15, -0.1) is 0 Å². The van der Waals surface area contributed by atoms with Crippen LogP contribution >= 0.6 is 0 Å². The molecule has 2 unspecified atom stereocenters. The Morgan fingerprint density at radius 1 is 1.40 bits per heavy atom. The summed E-state index contributed by atoms with van der Waals surface area (Å²) in [5, 5.41) is 13.2. The molecule has 2 N–H and O–H groups in total. The Labute approximate surface area is 122 Å². The number of carbonyl (C=O) groups is 1. The van der Waals surface area contributed by atoms with Crippen molar-refractivity contribution in [3.63, 3.8) is 0 Å². The number of amides is 1. The maximum atomic E-state index is 12.1. The van der Waals surface area contributed by atoms with Gasteiger partial charge in [0.15, 0.2) is 0 Å². The fraction of sp³-hybridized carbons (Fsp3) is 0.933. The number of carbonyl (C=O) groups excluding carboxylic acids is 1. The van der Waals surface area contributed by atoms with Crippen molar-refractivity contribution in [1.29, 1.82) is 0 Å². The zero-order chi connectivity index (χ0) is 15.4. The highest BCUT2D eigenvalue weighted by atomic mass is 16.6. The summed E-state index contributed by atoms with van der Waals surface area (Å²) in [4.78, 5) is 13.9. The Kier molecular flexibility index (Phi) is 5.83. The second kappa shape index (κ2) is 6.76. The molecule has 0 saturated carbocycles. The van der Waals surface area contributed by atoms with Gasteiger partial charge in [0.25, 0.3) is 0 Å². The predicted octanol–water partition coefficient (Wildman–Crippen LogP) is 2.14. The quantitative estimate of drug-likeness (QED) is 0.813. The Morgan fingerprint density at radius 2 is 2.05 bits per heavy atom. The smallest absolute Gasteiger partial charge is 0.410 e. The zero-order valence-corrected chi connectivity index (χ0v) is 13.5. The highest BCUT2D eigenvalue weighted by Gasteiger charge is 2.32. The number of hydrogen-bond acceptors (Lipinski definition) is 4. The lowest BCUT2D eigenvalue weighted by molar-refractivity contribution is 0.0215. The summed E-state index contributed by atoms with van der Waals surface area (Å²) in [6, 6.07) is 0.164. The minimum atomic E-state index is -0.685. The van der Waals surface area contributed by atoms with Crippen LogP contribution in [-0.4, -0.2) is 53.0 Å². The Hall–Kier alpha value is -0.810. The molecule has 5 heteroatoms.